The summed E-state index contributed by atoms with van der Waals surface area (Å²) >= 11 is 0. The first-order valence-electron chi connectivity index (χ1n) is 6.43. The fraction of sp³-hybridized carbons (Fsp3) is 0.500. The van der Waals surface area contributed by atoms with E-state index in [4.69, 9.17) is 4.74 Å². The zero-order chi connectivity index (χ0) is 13.4. The monoisotopic (exact) mass is 250 g/mol. The van der Waals surface area contributed by atoms with Gasteiger partial charge in [-0.05, 0) is 32.4 Å². The molecule has 1 aromatic rings. The molecule has 0 aliphatic rings. The lowest BCUT2D eigenvalue weighted by Crippen LogP contribution is -2.29. The molecule has 1 atom stereocenters. The maximum absolute atomic E-state index is 11.3. The Kier molecular flexibility index (Phi) is 6.05. The largest absolute Gasteiger partial charge is 0.491 e. The van der Waals surface area contributed by atoms with Crippen molar-refractivity contribution in [2.45, 2.75) is 33.3 Å². The highest BCUT2D eigenvalue weighted by molar-refractivity contribution is 5.80. The van der Waals surface area contributed by atoms with Crippen LogP contribution in [0.3, 0.4) is 0 Å². The average molecular weight is 250 g/mol. The Morgan fingerprint density at radius 2 is 2.17 bits per heavy atom. The first-order valence-corrected chi connectivity index (χ1v) is 6.43. The highest BCUT2D eigenvalue weighted by atomic mass is 16.5. The Bertz CT molecular complexity index is 380. The van der Waals surface area contributed by atoms with Gasteiger partial charge in [0.15, 0.2) is 0 Å². The lowest BCUT2D eigenvalue weighted by atomic mass is 10.2. The van der Waals surface area contributed by atoms with Crippen LogP contribution >= 0.6 is 0 Å². The summed E-state index contributed by atoms with van der Waals surface area (Å²) < 4.78 is 5.72. The molecule has 1 unspecified atom stereocenters. The van der Waals surface area contributed by atoms with Crippen molar-refractivity contribution in [3.63, 3.8) is 0 Å². The van der Waals surface area contributed by atoms with Crippen LogP contribution < -0.4 is 15.4 Å². The Labute approximate surface area is 109 Å². The highest BCUT2D eigenvalue weighted by Gasteiger charge is 2.03. The van der Waals surface area contributed by atoms with Crippen LogP contribution in [0.5, 0.6) is 5.75 Å². The number of hydrogen-bond acceptors (Lipinski definition) is 3. The topological polar surface area (TPSA) is 50.4 Å². The molecule has 0 aliphatic carbocycles. The minimum atomic E-state index is -0.00857. The number of benzene rings is 1. The van der Waals surface area contributed by atoms with Crippen molar-refractivity contribution in [1.82, 2.24) is 5.32 Å². The summed E-state index contributed by atoms with van der Waals surface area (Å²) in [5.41, 5.74) is 0.891. The van der Waals surface area contributed by atoms with Gasteiger partial charge in [-0.1, -0.05) is 13.0 Å². The molecule has 0 aromatic heterocycles. The molecule has 4 nitrogen and oxygen atoms in total. The van der Waals surface area contributed by atoms with Gasteiger partial charge < -0.3 is 15.4 Å². The first kappa shape index (κ1) is 14.4. The maximum atomic E-state index is 11.3. The van der Waals surface area contributed by atoms with Crippen molar-refractivity contribution in [3.8, 4) is 5.75 Å². The van der Waals surface area contributed by atoms with Gasteiger partial charge in [0, 0.05) is 18.3 Å². The van der Waals surface area contributed by atoms with Crippen LogP contribution in [0.4, 0.5) is 5.69 Å². The van der Waals surface area contributed by atoms with Crippen LogP contribution in [0.25, 0.3) is 0 Å². The van der Waals surface area contributed by atoms with Crippen LogP contribution in [-0.2, 0) is 4.79 Å². The average Bonchev–Trinajstić information content (AvgIpc) is 2.37. The Morgan fingerprint density at radius 3 is 2.83 bits per heavy atom. The van der Waals surface area contributed by atoms with E-state index in [1.165, 1.54) is 0 Å². The number of amides is 1. The highest BCUT2D eigenvalue weighted by Crippen LogP contribution is 2.18. The van der Waals surface area contributed by atoms with E-state index < -0.39 is 0 Å². The molecular weight excluding hydrogens is 228 g/mol. The smallest absolute Gasteiger partial charge is 0.239 e. The molecule has 4 heteroatoms. The van der Waals surface area contributed by atoms with E-state index in [2.05, 4.69) is 17.6 Å². The molecule has 100 valence electrons. The summed E-state index contributed by atoms with van der Waals surface area (Å²) in [7, 11) is 0. The van der Waals surface area contributed by atoms with Crippen molar-refractivity contribution in [3.05, 3.63) is 24.3 Å². The molecule has 0 aliphatic heterocycles. The molecule has 1 rings (SSSR count). The minimum absolute atomic E-state index is 0.00857. The quantitative estimate of drug-likeness (QED) is 0.781. The number of nitrogens with one attached hydrogen (secondary N) is 2. The third-order valence-corrected chi connectivity index (χ3v) is 2.57. The molecule has 0 spiro atoms. The fourth-order valence-electron chi connectivity index (χ4n) is 1.44. The summed E-state index contributed by atoms with van der Waals surface area (Å²) in [6.07, 6.45) is 1.17. The van der Waals surface area contributed by atoms with Crippen LogP contribution in [0.15, 0.2) is 24.3 Å². The van der Waals surface area contributed by atoms with E-state index in [1.54, 1.807) is 0 Å². The van der Waals surface area contributed by atoms with Crippen molar-refractivity contribution in [1.29, 1.82) is 0 Å². The molecule has 0 heterocycles. The summed E-state index contributed by atoms with van der Waals surface area (Å²) in [5, 5.41) is 5.81. The van der Waals surface area contributed by atoms with Gasteiger partial charge in [0.25, 0.3) is 0 Å². The van der Waals surface area contributed by atoms with Crippen LogP contribution in [0.1, 0.15) is 27.2 Å². The molecular formula is C14H22N2O2. The predicted octanol–water partition coefficient (Wildman–Crippen LogP) is 2.41. The van der Waals surface area contributed by atoms with E-state index in [1.807, 2.05) is 38.1 Å². The van der Waals surface area contributed by atoms with E-state index in [9.17, 15) is 4.79 Å². The van der Waals surface area contributed by atoms with E-state index >= 15 is 0 Å². The SMILES string of the molecule is CCNC(=O)CNc1cccc(OC(C)CC)c1. The van der Waals surface area contributed by atoms with Gasteiger partial charge in [-0.3, -0.25) is 4.79 Å². The summed E-state index contributed by atoms with van der Waals surface area (Å²) in [4.78, 5) is 11.3. The van der Waals surface area contributed by atoms with E-state index in [0.29, 0.717) is 6.54 Å². The number of carbonyl (C=O) groups excluding carboxylic acids is 1. The van der Waals surface area contributed by atoms with Gasteiger partial charge in [-0.2, -0.15) is 0 Å². The van der Waals surface area contributed by atoms with Crippen LogP contribution in [0, 0.1) is 0 Å². The van der Waals surface area contributed by atoms with Gasteiger partial charge >= 0.3 is 0 Å². The van der Waals surface area contributed by atoms with Crippen LogP contribution in [0.2, 0.25) is 0 Å². The number of carbonyl (C=O) groups is 1. The lowest BCUT2D eigenvalue weighted by molar-refractivity contribution is -0.119. The third kappa shape index (κ3) is 5.08. The number of rotatable bonds is 7. The lowest BCUT2D eigenvalue weighted by Gasteiger charge is -2.14. The Morgan fingerprint density at radius 1 is 1.39 bits per heavy atom. The van der Waals surface area contributed by atoms with Crippen molar-refractivity contribution in [2.24, 2.45) is 0 Å². The summed E-state index contributed by atoms with van der Waals surface area (Å²) in [5.74, 6) is 0.816. The molecule has 0 fully saturated rings. The second kappa shape index (κ2) is 7.58. The number of hydrogen-bond donors (Lipinski definition) is 2. The van der Waals surface area contributed by atoms with Crippen molar-refractivity contribution < 1.29 is 9.53 Å². The molecule has 2 N–H and O–H groups in total. The minimum Gasteiger partial charge on any atom is -0.491 e. The standard InChI is InChI=1S/C14H22N2O2/c1-4-11(3)18-13-8-6-7-12(9-13)16-10-14(17)15-5-2/h6-9,11,16H,4-5,10H2,1-3H3,(H,15,17). The molecule has 0 radical (unpaired) electrons. The van der Waals surface area contributed by atoms with Crippen LogP contribution in [-0.4, -0.2) is 25.1 Å². The second-order valence-corrected chi connectivity index (χ2v) is 4.17. The number of likely N-dealkylation sites (N-methyl/N-ethyl adjacent to an activating group) is 1. The van der Waals surface area contributed by atoms with Crippen molar-refractivity contribution >= 4 is 11.6 Å². The molecule has 0 saturated heterocycles. The zero-order valence-electron chi connectivity index (χ0n) is 11.3. The predicted molar refractivity (Wildman–Crippen MR) is 74.0 cm³/mol. The second-order valence-electron chi connectivity index (χ2n) is 4.17. The summed E-state index contributed by atoms with van der Waals surface area (Å²) in [6, 6.07) is 7.66. The van der Waals surface area contributed by atoms with Gasteiger partial charge in [-0.25, -0.2) is 0 Å². The first-order chi connectivity index (χ1) is 8.65. The number of ether oxygens (including phenoxy) is 1. The zero-order valence-corrected chi connectivity index (χ0v) is 11.3. The summed E-state index contributed by atoms with van der Waals surface area (Å²) in [6.45, 7) is 6.95. The van der Waals surface area contributed by atoms with Gasteiger partial charge in [0.05, 0.1) is 12.6 Å². The van der Waals surface area contributed by atoms with E-state index in [0.717, 1.165) is 17.9 Å². The van der Waals surface area contributed by atoms with Gasteiger partial charge in [0.2, 0.25) is 5.91 Å². The molecule has 1 amide bonds. The normalized spacial score (nSPS) is 11.7. The molecule has 18 heavy (non-hydrogen) atoms. The fourth-order valence-corrected chi connectivity index (χ4v) is 1.44. The van der Waals surface area contributed by atoms with E-state index in [-0.39, 0.29) is 18.6 Å². The maximum Gasteiger partial charge on any atom is 0.239 e. The Hall–Kier alpha value is -1.71. The molecule has 0 bridgehead atoms. The molecule has 0 saturated carbocycles. The van der Waals surface area contributed by atoms with Crippen molar-refractivity contribution in [2.75, 3.05) is 18.4 Å². The Balaban J connectivity index is 2.51. The molecule has 1 aromatic carbocycles. The van der Waals surface area contributed by atoms with Gasteiger partial charge in [-0.15, -0.1) is 0 Å². The van der Waals surface area contributed by atoms with Gasteiger partial charge in [0.1, 0.15) is 5.75 Å². The third-order valence-electron chi connectivity index (χ3n) is 2.57. The number of anilines is 1.